The SMILES string of the molecule is COCCN(C1CCSC1)S(=O)(=O)N(C)CCC(=O)O. The number of aliphatic carboxylic acids is 1. The van der Waals surface area contributed by atoms with Crippen LogP contribution in [0.4, 0.5) is 0 Å². The quantitative estimate of drug-likeness (QED) is 0.646. The number of methoxy groups -OCH3 is 1. The van der Waals surface area contributed by atoms with Crippen molar-refractivity contribution in [2.45, 2.75) is 18.9 Å². The van der Waals surface area contributed by atoms with E-state index in [1.165, 1.54) is 18.5 Å². The van der Waals surface area contributed by atoms with Gasteiger partial charge in [-0.2, -0.15) is 28.8 Å². The third kappa shape index (κ3) is 4.88. The molecule has 7 nitrogen and oxygen atoms in total. The first-order valence-corrected chi connectivity index (χ1v) is 8.96. The van der Waals surface area contributed by atoms with Crippen molar-refractivity contribution in [3.8, 4) is 0 Å². The summed E-state index contributed by atoms with van der Waals surface area (Å²) in [6.07, 6.45) is 0.619. The Balaban J connectivity index is 2.77. The average molecular weight is 326 g/mol. The Labute approximate surface area is 124 Å². The van der Waals surface area contributed by atoms with E-state index < -0.39 is 16.2 Å². The maximum atomic E-state index is 12.5. The van der Waals surface area contributed by atoms with Gasteiger partial charge in [-0.3, -0.25) is 4.79 Å². The van der Waals surface area contributed by atoms with E-state index in [2.05, 4.69) is 0 Å². The van der Waals surface area contributed by atoms with Gasteiger partial charge in [0.1, 0.15) is 0 Å². The summed E-state index contributed by atoms with van der Waals surface area (Å²) in [5.74, 6) is 0.713. The van der Waals surface area contributed by atoms with Crippen LogP contribution in [0.25, 0.3) is 0 Å². The summed E-state index contributed by atoms with van der Waals surface area (Å²) in [7, 11) is -0.695. The molecule has 20 heavy (non-hydrogen) atoms. The topological polar surface area (TPSA) is 87.2 Å². The molecule has 1 aliphatic rings. The molecule has 1 aliphatic heterocycles. The van der Waals surface area contributed by atoms with E-state index in [-0.39, 0.29) is 19.0 Å². The molecule has 0 aromatic carbocycles. The van der Waals surface area contributed by atoms with Crippen LogP contribution in [0, 0.1) is 0 Å². The summed E-state index contributed by atoms with van der Waals surface area (Å²) in [5, 5.41) is 8.66. The van der Waals surface area contributed by atoms with Crippen molar-refractivity contribution in [2.75, 3.05) is 45.4 Å². The lowest BCUT2D eigenvalue weighted by Crippen LogP contribution is -2.49. The lowest BCUT2D eigenvalue weighted by atomic mass is 10.3. The van der Waals surface area contributed by atoms with Crippen molar-refractivity contribution >= 4 is 27.9 Å². The summed E-state index contributed by atoms with van der Waals surface area (Å²) in [6.45, 7) is 0.593. The first kappa shape index (κ1) is 17.7. The number of carboxylic acids is 1. The summed E-state index contributed by atoms with van der Waals surface area (Å²) < 4.78 is 32.6. The van der Waals surface area contributed by atoms with Crippen molar-refractivity contribution in [1.29, 1.82) is 0 Å². The average Bonchev–Trinajstić information content (AvgIpc) is 2.89. The van der Waals surface area contributed by atoms with Gasteiger partial charge in [-0.1, -0.05) is 0 Å². The van der Waals surface area contributed by atoms with Gasteiger partial charge in [-0.25, -0.2) is 0 Å². The van der Waals surface area contributed by atoms with Gasteiger partial charge in [0, 0.05) is 39.0 Å². The maximum absolute atomic E-state index is 12.5. The van der Waals surface area contributed by atoms with E-state index in [1.54, 1.807) is 11.8 Å². The zero-order valence-corrected chi connectivity index (χ0v) is 13.5. The summed E-state index contributed by atoms with van der Waals surface area (Å²) in [6, 6.07) is -0.0348. The summed E-state index contributed by atoms with van der Waals surface area (Å²) in [4.78, 5) is 10.6. The van der Waals surface area contributed by atoms with E-state index in [4.69, 9.17) is 9.84 Å². The zero-order chi connectivity index (χ0) is 15.2. The number of ether oxygens (including phenoxy) is 1. The number of carboxylic acid groups (broad SMARTS) is 1. The maximum Gasteiger partial charge on any atom is 0.304 e. The Morgan fingerprint density at radius 2 is 2.15 bits per heavy atom. The third-order valence-corrected chi connectivity index (χ3v) is 6.35. The molecule has 0 saturated carbocycles. The van der Waals surface area contributed by atoms with Gasteiger partial charge in [-0.05, 0) is 12.2 Å². The largest absolute Gasteiger partial charge is 0.481 e. The van der Waals surface area contributed by atoms with Crippen LogP contribution in [-0.4, -0.2) is 79.5 Å². The van der Waals surface area contributed by atoms with Crippen LogP contribution in [0.5, 0.6) is 0 Å². The third-order valence-electron chi connectivity index (χ3n) is 3.16. The van der Waals surface area contributed by atoms with Gasteiger partial charge in [0.15, 0.2) is 0 Å². The molecule has 0 aliphatic carbocycles. The second kappa shape index (κ2) is 8.18. The molecule has 1 heterocycles. The van der Waals surface area contributed by atoms with Crippen LogP contribution in [-0.2, 0) is 19.7 Å². The molecule has 1 atom stereocenters. The Kier molecular flexibility index (Phi) is 7.24. The first-order valence-electron chi connectivity index (χ1n) is 6.41. The minimum atomic E-state index is -3.64. The highest BCUT2D eigenvalue weighted by molar-refractivity contribution is 7.99. The molecule has 1 N–H and O–H groups in total. The minimum Gasteiger partial charge on any atom is -0.481 e. The molecule has 1 rings (SSSR count). The van der Waals surface area contributed by atoms with Crippen LogP contribution in [0.2, 0.25) is 0 Å². The Bertz CT molecular complexity index is 409. The molecule has 1 fully saturated rings. The van der Waals surface area contributed by atoms with E-state index in [9.17, 15) is 13.2 Å². The van der Waals surface area contributed by atoms with Gasteiger partial charge >= 0.3 is 5.97 Å². The first-order chi connectivity index (χ1) is 9.39. The molecular formula is C11H22N2O5S2. The van der Waals surface area contributed by atoms with Crippen LogP contribution < -0.4 is 0 Å². The molecule has 0 amide bonds. The lowest BCUT2D eigenvalue weighted by molar-refractivity contribution is -0.137. The molecule has 1 unspecified atom stereocenters. The number of thioether (sulfide) groups is 1. The highest BCUT2D eigenvalue weighted by atomic mass is 32.2. The predicted octanol–water partition coefficient (Wildman–Crippen LogP) is 0.0916. The fourth-order valence-corrected chi connectivity index (χ4v) is 4.82. The number of carbonyl (C=O) groups is 1. The van der Waals surface area contributed by atoms with Gasteiger partial charge in [0.2, 0.25) is 0 Å². The monoisotopic (exact) mass is 326 g/mol. The summed E-state index contributed by atoms with van der Waals surface area (Å²) >= 11 is 1.73. The van der Waals surface area contributed by atoms with Gasteiger partial charge in [0.25, 0.3) is 10.2 Å². The Hall–Kier alpha value is -0.350. The molecule has 0 aromatic heterocycles. The molecule has 0 spiro atoms. The smallest absolute Gasteiger partial charge is 0.304 e. The minimum absolute atomic E-state index is 0.0268. The van der Waals surface area contributed by atoms with Crippen molar-refractivity contribution in [1.82, 2.24) is 8.61 Å². The zero-order valence-electron chi connectivity index (χ0n) is 11.8. The van der Waals surface area contributed by atoms with Crippen molar-refractivity contribution < 1.29 is 23.1 Å². The van der Waals surface area contributed by atoms with E-state index in [0.29, 0.717) is 13.2 Å². The number of rotatable bonds is 9. The van der Waals surface area contributed by atoms with Crippen LogP contribution >= 0.6 is 11.8 Å². The molecule has 0 aromatic rings. The molecule has 1 saturated heterocycles. The fraction of sp³-hybridized carbons (Fsp3) is 0.909. The highest BCUT2D eigenvalue weighted by Gasteiger charge is 2.34. The highest BCUT2D eigenvalue weighted by Crippen LogP contribution is 2.25. The van der Waals surface area contributed by atoms with E-state index in [1.807, 2.05) is 0 Å². The molecule has 118 valence electrons. The number of nitrogens with zero attached hydrogens (tertiary/aromatic N) is 2. The van der Waals surface area contributed by atoms with Crippen LogP contribution in [0.15, 0.2) is 0 Å². The summed E-state index contributed by atoms with van der Waals surface area (Å²) in [5.41, 5.74) is 0. The fourth-order valence-electron chi connectivity index (χ4n) is 1.96. The second-order valence-electron chi connectivity index (χ2n) is 4.59. The molecule has 9 heteroatoms. The van der Waals surface area contributed by atoms with Crippen LogP contribution in [0.3, 0.4) is 0 Å². The second-order valence-corrected chi connectivity index (χ2v) is 7.73. The normalized spacial score (nSPS) is 19.9. The lowest BCUT2D eigenvalue weighted by Gasteiger charge is -2.31. The van der Waals surface area contributed by atoms with Gasteiger partial charge in [0.05, 0.1) is 13.0 Å². The van der Waals surface area contributed by atoms with Crippen molar-refractivity contribution in [2.24, 2.45) is 0 Å². The van der Waals surface area contributed by atoms with Gasteiger partial charge < -0.3 is 9.84 Å². The standard InChI is InChI=1S/C11H22N2O5S2/c1-12(5-3-11(14)15)20(16,17)13(6-7-18-2)10-4-8-19-9-10/h10H,3-9H2,1-2H3,(H,14,15). The van der Waals surface area contributed by atoms with E-state index >= 15 is 0 Å². The number of hydrogen-bond donors (Lipinski definition) is 1. The molecule has 0 bridgehead atoms. The Morgan fingerprint density at radius 1 is 1.45 bits per heavy atom. The predicted molar refractivity (Wildman–Crippen MR) is 78.1 cm³/mol. The Morgan fingerprint density at radius 3 is 2.65 bits per heavy atom. The molecule has 0 radical (unpaired) electrons. The van der Waals surface area contributed by atoms with Crippen molar-refractivity contribution in [3.05, 3.63) is 0 Å². The van der Waals surface area contributed by atoms with E-state index in [0.717, 1.165) is 22.2 Å². The molecular weight excluding hydrogens is 304 g/mol. The number of hydrogen-bond acceptors (Lipinski definition) is 5. The van der Waals surface area contributed by atoms with Crippen LogP contribution in [0.1, 0.15) is 12.8 Å². The van der Waals surface area contributed by atoms with Crippen molar-refractivity contribution in [3.63, 3.8) is 0 Å². The van der Waals surface area contributed by atoms with Gasteiger partial charge in [-0.15, -0.1) is 0 Å².